The van der Waals surface area contributed by atoms with Crippen molar-refractivity contribution in [3.05, 3.63) is 23.8 Å². The molecule has 1 N–H and O–H groups in total. The lowest BCUT2D eigenvalue weighted by Crippen LogP contribution is -2.22. The van der Waals surface area contributed by atoms with Crippen LogP contribution in [0.2, 0.25) is 0 Å². The summed E-state index contributed by atoms with van der Waals surface area (Å²) in [6.45, 7) is 2.21. The van der Waals surface area contributed by atoms with Crippen molar-refractivity contribution in [2.24, 2.45) is 0 Å². The number of carboxylic acids is 1. The third kappa shape index (κ3) is 1.80. The highest BCUT2D eigenvalue weighted by molar-refractivity contribution is 5.72. The van der Waals surface area contributed by atoms with Crippen molar-refractivity contribution in [1.82, 2.24) is 0 Å². The average Bonchev–Trinajstić information content (AvgIpc) is 2.89. The van der Waals surface area contributed by atoms with Gasteiger partial charge in [-0.25, -0.2) is 4.79 Å². The summed E-state index contributed by atoms with van der Waals surface area (Å²) in [6.07, 6.45) is -0.122. The Labute approximate surface area is 104 Å². The normalized spacial score (nSPS) is 26.1. The van der Waals surface area contributed by atoms with Crippen LogP contribution in [0.3, 0.4) is 0 Å². The quantitative estimate of drug-likeness (QED) is 0.885. The molecule has 2 aliphatic rings. The molecule has 18 heavy (non-hydrogen) atoms. The molecule has 0 radical (unpaired) electrons. The lowest BCUT2D eigenvalue weighted by atomic mass is 9.98. The van der Waals surface area contributed by atoms with Crippen molar-refractivity contribution in [3.63, 3.8) is 0 Å². The van der Waals surface area contributed by atoms with Gasteiger partial charge in [0.15, 0.2) is 6.10 Å². The number of carboxylic acid groups (broad SMARTS) is 1. The van der Waals surface area contributed by atoms with Gasteiger partial charge in [0.25, 0.3) is 0 Å². The van der Waals surface area contributed by atoms with Crippen LogP contribution in [0.5, 0.6) is 11.5 Å². The van der Waals surface area contributed by atoms with E-state index < -0.39 is 12.1 Å². The molecular weight excluding hydrogens is 236 g/mol. The Morgan fingerprint density at radius 2 is 2.39 bits per heavy atom. The maximum Gasteiger partial charge on any atom is 0.344 e. The summed E-state index contributed by atoms with van der Waals surface area (Å²) >= 11 is 0. The molecule has 0 aromatic heterocycles. The second-order valence-electron chi connectivity index (χ2n) is 4.55. The topological polar surface area (TPSA) is 65.0 Å². The average molecular weight is 250 g/mol. The van der Waals surface area contributed by atoms with Gasteiger partial charge in [-0.1, -0.05) is 0 Å². The fourth-order valence-electron chi connectivity index (χ4n) is 2.36. The van der Waals surface area contributed by atoms with Crippen LogP contribution in [0.4, 0.5) is 0 Å². The third-order valence-electron chi connectivity index (χ3n) is 3.32. The van der Waals surface area contributed by atoms with Gasteiger partial charge < -0.3 is 19.3 Å². The predicted octanol–water partition coefficient (Wildman–Crippen LogP) is 1.76. The van der Waals surface area contributed by atoms with Crippen LogP contribution in [-0.4, -0.2) is 30.1 Å². The van der Waals surface area contributed by atoms with Crippen molar-refractivity contribution in [2.45, 2.75) is 31.7 Å². The van der Waals surface area contributed by atoms with E-state index in [4.69, 9.17) is 19.3 Å². The van der Waals surface area contributed by atoms with Gasteiger partial charge in [0.1, 0.15) is 11.5 Å². The Morgan fingerprint density at radius 3 is 3.17 bits per heavy atom. The molecule has 0 unspecified atom stereocenters. The predicted molar refractivity (Wildman–Crippen MR) is 61.9 cm³/mol. The lowest BCUT2D eigenvalue weighted by Gasteiger charge is -2.11. The van der Waals surface area contributed by atoms with Gasteiger partial charge in [0, 0.05) is 5.56 Å². The van der Waals surface area contributed by atoms with Gasteiger partial charge in [0.05, 0.1) is 12.5 Å². The summed E-state index contributed by atoms with van der Waals surface area (Å²) < 4.78 is 16.5. The number of hydrogen-bond acceptors (Lipinski definition) is 4. The van der Waals surface area contributed by atoms with Crippen LogP contribution >= 0.6 is 0 Å². The largest absolute Gasteiger partial charge is 0.479 e. The minimum absolute atomic E-state index is 0.188. The first kappa shape index (κ1) is 11.3. The highest BCUT2D eigenvalue weighted by Gasteiger charge is 2.39. The monoisotopic (exact) mass is 250 g/mol. The molecule has 2 aliphatic heterocycles. The number of ether oxygens (including phenoxy) is 3. The van der Waals surface area contributed by atoms with E-state index in [0.29, 0.717) is 12.4 Å². The summed E-state index contributed by atoms with van der Waals surface area (Å²) in [5, 5.41) is 8.82. The van der Waals surface area contributed by atoms with Gasteiger partial charge in [-0.2, -0.15) is 0 Å². The Morgan fingerprint density at radius 1 is 1.56 bits per heavy atom. The summed E-state index contributed by atoms with van der Waals surface area (Å²) in [5.74, 6) is 0.623. The van der Waals surface area contributed by atoms with E-state index in [1.807, 2.05) is 6.07 Å². The maximum atomic E-state index is 10.8. The molecule has 1 fully saturated rings. The van der Waals surface area contributed by atoms with Gasteiger partial charge in [0.2, 0.25) is 6.29 Å². The second-order valence-corrected chi connectivity index (χ2v) is 4.55. The summed E-state index contributed by atoms with van der Waals surface area (Å²) in [7, 11) is 0. The summed E-state index contributed by atoms with van der Waals surface area (Å²) in [5.41, 5.74) is 1.05. The molecule has 5 nitrogen and oxygen atoms in total. The second kappa shape index (κ2) is 4.17. The van der Waals surface area contributed by atoms with Crippen LogP contribution in [0.1, 0.15) is 24.8 Å². The first-order valence-corrected chi connectivity index (χ1v) is 5.97. The minimum atomic E-state index is -0.978. The Balaban J connectivity index is 1.83. The van der Waals surface area contributed by atoms with Crippen molar-refractivity contribution < 1.29 is 24.1 Å². The molecule has 2 heterocycles. The van der Waals surface area contributed by atoms with Gasteiger partial charge in [-0.15, -0.1) is 0 Å². The molecule has 0 saturated carbocycles. The zero-order valence-electron chi connectivity index (χ0n) is 9.96. The molecule has 0 aliphatic carbocycles. The molecule has 1 saturated heterocycles. The Kier molecular flexibility index (Phi) is 2.63. The van der Waals surface area contributed by atoms with Crippen molar-refractivity contribution >= 4 is 5.97 Å². The van der Waals surface area contributed by atoms with Crippen LogP contribution in [-0.2, 0) is 9.53 Å². The first-order valence-electron chi connectivity index (χ1n) is 5.97. The smallest absolute Gasteiger partial charge is 0.344 e. The molecule has 1 aromatic rings. The minimum Gasteiger partial charge on any atom is -0.479 e. The summed E-state index contributed by atoms with van der Waals surface area (Å²) in [4.78, 5) is 10.8. The van der Waals surface area contributed by atoms with Crippen molar-refractivity contribution in [1.29, 1.82) is 0 Å². The SMILES string of the molecule is C[C@H](Oc1ccc2c(c1)[C@@H]1CCO[C@H]1O2)C(=O)O. The van der Waals surface area contributed by atoms with Crippen molar-refractivity contribution in [3.8, 4) is 11.5 Å². The third-order valence-corrected chi connectivity index (χ3v) is 3.32. The van der Waals surface area contributed by atoms with Crippen LogP contribution in [0.15, 0.2) is 18.2 Å². The molecule has 96 valence electrons. The highest BCUT2D eigenvalue weighted by Crippen LogP contribution is 2.45. The van der Waals surface area contributed by atoms with E-state index in [-0.39, 0.29) is 12.2 Å². The van der Waals surface area contributed by atoms with E-state index in [0.717, 1.165) is 17.7 Å². The number of aliphatic carboxylic acids is 1. The number of benzene rings is 1. The highest BCUT2D eigenvalue weighted by atomic mass is 16.7. The molecule has 0 amide bonds. The van der Waals surface area contributed by atoms with E-state index in [1.165, 1.54) is 6.92 Å². The summed E-state index contributed by atoms with van der Waals surface area (Å²) in [6, 6.07) is 5.38. The standard InChI is InChI=1S/C13H14O5/c1-7(12(14)15)17-8-2-3-11-10(6-8)9-4-5-16-13(9)18-11/h2-3,6-7,9,13H,4-5H2,1H3,(H,14,15)/t7-,9-,13-/m0/s1. The van der Waals surface area contributed by atoms with E-state index in [2.05, 4.69) is 0 Å². The van der Waals surface area contributed by atoms with Gasteiger partial charge >= 0.3 is 5.97 Å². The molecular formula is C13H14O5. The first-order chi connectivity index (χ1) is 8.65. The zero-order valence-corrected chi connectivity index (χ0v) is 9.96. The van der Waals surface area contributed by atoms with E-state index in [9.17, 15) is 4.79 Å². The van der Waals surface area contributed by atoms with Gasteiger partial charge in [-0.05, 0) is 31.5 Å². The molecule has 0 bridgehead atoms. The molecule has 3 atom stereocenters. The molecule has 5 heteroatoms. The van der Waals surface area contributed by atoms with Gasteiger partial charge in [-0.3, -0.25) is 0 Å². The van der Waals surface area contributed by atoms with E-state index in [1.54, 1.807) is 12.1 Å². The Hall–Kier alpha value is -1.75. The fraction of sp³-hybridized carbons (Fsp3) is 0.462. The number of rotatable bonds is 3. The van der Waals surface area contributed by atoms with E-state index >= 15 is 0 Å². The molecule has 3 rings (SSSR count). The molecule has 0 spiro atoms. The number of fused-ring (bicyclic) bond motifs is 3. The van der Waals surface area contributed by atoms with Crippen LogP contribution in [0.25, 0.3) is 0 Å². The zero-order chi connectivity index (χ0) is 12.7. The lowest BCUT2D eigenvalue weighted by molar-refractivity contribution is -0.144. The number of carbonyl (C=O) groups is 1. The molecule has 1 aromatic carbocycles. The van der Waals surface area contributed by atoms with Crippen LogP contribution < -0.4 is 9.47 Å². The fourth-order valence-corrected chi connectivity index (χ4v) is 2.36. The Bertz CT molecular complexity index is 484. The maximum absolute atomic E-state index is 10.8. The van der Waals surface area contributed by atoms with Crippen molar-refractivity contribution in [2.75, 3.05) is 6.61 Å². The number of hydrogen-bond donors (Lipinski definition) is 1. The van der Waals surface area contributed by atoms with Crippen LogP contribution in [0, 0.1) is 0 Å².